The highest BCUT2D eigenvalue weighted by atomic mass is 16.5. The molecule has 2 fully saturated rings. The monoisotopic (exact) mass is 788 g/mol. The molecule has 1 saturated heterocycles. The molecular weight excluding hydrogens is 729 g/mol. The predicted octanol–water partition coefficient (Wildman–Crippen LogP) is 2.91. The molecule has 2 aromatic rings. The minimum Gasteiger partial charge on any atom is -0.497 e. The average Bonchev–Trinajstić information content (AvgIpc) is 4.03. The Balaban J connectivity index is 1.43. The van der Waals surface area contributed by atoms with Crippen LogP contribution in [0.5, 0.6) is 11.5 Å². The van der Waals surface area contributed by atoms with Crippen LogP contribution < -0.4 is 30.7 Å². The van der Waals surface area contributed by atoms with Gasteiger partial charge in [0.2, 0.25) is 35.4 Å². The lowest BCUT2D eigenvalue weighted by Crippen LogP contribution is -2.58. The van der Waals surface area contributed by atoms with Crippen LogP contribution in [0.15, 0.2) is 48.5 Å². The van der Waals surface area contributed by atoms with Gasteiger partial charge >= 0.3 is 0 Å². The number of nitrogens with one attached hydrogen (secondary N) is 4. The molecule has 6 rings (SSSR count). The van der Waals surface area contributed by atoms with Crippen LogP contribution in [0.4, 0.5) is 0 Å². The second-order valence-corrected chi connectivity index (χ2v) is 16.1. The first-order valence-electron chi connectivity index (χ1n) is 20.5. The summed E-state index contributed by atoms with van der Waals surface area (Å²) in [5, 5.41) is 11.6. The molecular formula is C43H60N6O8. The summed E-state index contributed by atoms with van der Waals surface area (Å²) < 4.78 is 11.4. The molecule has 1 aliphatic carbocycles. The largest absolute Gasteiger partial charge is 0.497 e. The van der Waals surface area contributed by atoms with E-state index in [4.69, 9.17) is 9.47 Å². The Bertz CT molecular complexity index is 1700. The quantitative estimate of drug-likeness (QED) is 0.252. The summed E-state index contributed by atoms with van der Waals surface area (Å²) >= 11 is 0. The smallest absolute Gasteiger partial charge is 0.245 e. The number of carbonyl (C=O) groups excluding carboxylic acids is 6. The molecule has 0 spiro atoms. The molecule has 4 atom stereocenters. The summed E-state index contributed by atoms with van der Waals surface area (Å²) in [5.41, 5.74) is 1.46. The number of likely N-dealkylation sites (tertiary alicyclic amines) is 1. The topological polar surface area (TPSA) is 175 Å². The number of carbonyl (C=O) groups is 6. The number of methoxy groups -OCH3 is 1. The molecule has 3 aliphatic heterocycles. The number of hydrogen-bond acceptors (Lipinski definition) is 8. The van der Waals surface area contributed by atoms with Crippen molar-refractivity contribution in [2.45, 2.75) is 109 Å². The van der Waals surface area contributed by atoms with E-state index in [2.05, 4.69) is 35.1 Å². The van der Waals surface area contributed by atoms with Gasteiger partial charge in [-0.1, -0.05) is 44.5 Å². The number of benzene rings is 2. The molecule has 57 heavy (non-hydrogen) atoms. The zero-order valence-electron chi connectivity index (χ0n) is 33.8. The molecule has 1 saturated carbocycles. The van der Waals surface area contributed by atoms with E-state index in [0.29, 0.717) is 37.4 Å². The van der Waals surface area contributed by atoms with E-state index in [1.54, 1.807) is 55.3 Å². The van der Waals surface area contributed by atoms with Crippen LogP contribution in [0.2, 0.25) is 0 Å². The van der Waals surface area contributed by atoms with Gasteiger partial charge < -0.3 is 40.5 Å². The summed E-state index contributed by atoms with van der Waals surface area (Å²) in [7, 11) is 1.55. The number of hydrogen-bond donors (Lipinski definition) is 4. The Morgan fingerprint density at radius 3 is 2.33 bits per heavy atom. The van der Waals surface area contributed by atoms with Crippen molar-refractivity contribution in [2.24, 2.45) is 11.8 Å². The van der Waals surface area contributed by atoms with E-state index in [9.17, 15) is 28.8 Å². The van der Waals surface area contributed by atoms with E-state index < -0.39 is 41.8 Å². The molecule has 0 radical (unpaired) electrons. The van der Waals surface area contributed by atoms with Gasteiger partial charge in [-0.25, -0.2) is 0 Å². The molecule has 2 bridgehead atoms. The van der Waals surface area contributed by atoms with Crippen LogP contribution >= 0.6 is 0 Å². The lowest BCUT2D eigenvalue weighted by Gasteiger charge is -2.29. The molecule has 14 heteroatoms. The van der Waals surface area contributed by atoms with Crippen LogP contribution in [-0.4, -0.2) is 109 Å². The number of ether oxygens (including phenoxy) is 2. The van der Waals surface area contributed by atoms with Gasteiger partial charge in [0.15, 0.2) is 0 Å². The van der Waals surface area contributed by atoms with Crippen molar-refractivity contribution in [3.63, 3.8) is 0 Å². The van der Waals surface area contributed by atoms with Crippen molar-refractivity contribution >= 4 is 35.4 Å². The Labute approximate surface area is 336 Å². The molecule has 4 N–H and O–H groups in total. The summed E-state index contributed by atoms with van der Waals surface area (Å²) in [6.07, 6.45) is 5.91. The number of amides is 6. The van der Waals surface area contributed by atoms with Crippen molar-refractivity contribution in [3.05, 3.63) is 59.7 Å². The minimum atomic E-state index is -1.13. The SMILES string of the molecule is COc1ccc(C[C@@H]2NC(=O)[C@@H](NC(=O)CCN3CCCCCC3=O)Cc3ccc(cc3)OC[C@H](CC(C)C)NC(=O)CN(CC3CC3)C(=O)[C@@H](C)NC2=O)cc1. The van der Waals surface area contributed by atoms with Crippen LogP contribution in [0.25, 0.3) is 0 Å². The highest BCUT2D eigenvalue weighted by Gasteiger charge is 2.34. The van der Waals surface area contributed by atoms with E-state index in [-0.39, 0.29) is 68.7 Å². The lowest BCUT2D eigenvalue weighted by atomic mass is 10.0. The van der Waals surface area contributed by atoms with Crippen LogP contribution in [0, 0.1) is 11.8 Å². The Morgan fingerprint density at radius 1 is 0.912 bits per heavy atom. The van der Waals surface area contributed by atoms with E-state index in [1.165, 1.54) is 4.90 Å². The first-order chi connectivity index (χ1) is 27.4. The summed E-state index contributed by atoms with van der Waals surface area (Å²) in [6, 6.07) is 10.8. The van der Waals surface area contributed by atoms with Gasteiger partial charge in [0.1, 0.15) is 36.2 Å². The molecule has 14 nitrogen and oxygen atoms in total. The molecule has 0 unspecified atom stereocenters. The summed E-state index contributed by atoms with van der Waals surface area (Å²) in [4.78, 5) is 85.0. The van der Waals surface area contributed by atoms with Gasteiger partial charge in [-0.05, 0) is 86.3 Å². The van der Waals surface area contributed by atoms with Crippen molar-refractivity contribution in [2.75, 3.05) is 39.9 Å². The Morgan fingerprint density at radius 2 is 1.65 bits per heavy atom. The summed E-state index contributed by atoms with van der Waals surface area (Å²) in [5.74, 6) is -0.516. The van der Waals surface area contributed by atoms with Gasteiger partial charge in [0.25, 0.3) is 0 Å². The zero-order valence-corrected chi connectivity index (χ0v) is 33.8. The lowest BCUT2D eigenvalue weighted by molar-refractivity contribution is -0.140. The zero-order chi connectivity index (χ0) is 40.9. The normalized spacial score (nSPS) is 23.2. The van der Waals surface area contributed by atoms with Crippen molar-refractivity contribution in [1.29, 1.82) is 0 Å². The summed E-state index contributed by atoms with van der Waals surface area (Å²) in [6.45, 7) is 6.98. The highest BCUT2D eigenvalue weighted by Crippen LogP contribution is 2.30. The molecule has 4 aliphatic rings. The van der Waals surface area contributed by atoms with Crippen LogP contribution in [-0.2, 0) is 41.6 Å². The van der Waals surface area contributed by atoms with Gasteiger partial charge in [-0.3, -0.25) is 28.8 Å². The second kappa shape index (κ2) is 20.9. The fourth-order valence-electron chi connectivity index (χ4n) is 7.30. The van der Waals surface area contributed by atoms with Crippen molar-refractivity contribution < 1.29 is 38.2 Å². The maximum Gasteiger partial charge on any atom is 0.245 e. The number of rotatable bonds is 11. The fraction of sp³-hybridized carbons (Fsp3) is 0.581. The van der Waals surface area contributed by atoms with Crippen molar-refractivity contribution in [1.82, 2.24) is 31.1 Å². The fourth-order valence-corrected chi connectivity index (χ4v) is 7.30. The Hall–Kier alpha value is -5.14. The first kappa shape index (κ1) is 43.0. The number of nitrogens with zero attached hydrogens (tertiary/aromatic N) is 2. The van der Waals surface area contributed by atoms with Gasteiger partial charge in [-0.15, -0.1) is 0 Å². The average molecular weight is 789 g/mol. The molecule has 6 amide bonds. The van der Waals surface area contributed by atoms with Gasteiger partial charge in [0.05, 0.1) is 19.7 Å². The third kappa shape index (κ3) is 13.8. The maximum atomic E-state index is 14.2. The van der Waals surface area contributed by atoms with E-state index >= 15 is 0 Å². The molecule has 3 heterocycles. The van der Waals surface area contributed by atoms with E-state index in [1.807, 2.05) is 12.1 Å². The maximum absolute atomic E-state index is 14.2. The third-order valence-electron chi connectivity index (χ3n) is 10.6. The second-order valence-electron chi connectivity index (χ2n) is 16.1. The first-order valence-corrected chi connectivity index (χ1v) is 20.5. The minimum absolute atomic E-state index is 0.0170. The van der Waals surface area contributed by atoms with Crippen LogP contribution in [0.1, 0.15) is 83.3 Å². The van der Waals surface area contributed by atoms with E-state index in [0.717, 1.165) is 43.2 Å². The van der Waals surface area contributed by atoms with Gasteiger partial charge in [0, 0.05) is 45.3 Å². The predicted molar refractivity (Wildman–Crippen MR) is 214 cm³/mol. The molecule has 2 aromatic carbocycles. The highest BCUT2D eigenvalue weighted by molar-refractivity contribution is 5.95. The van der Waals surface area contributed by atoms with Crippen LogP contribution in [0.3, 0.4) is 0 Å². The Kier molecular flexibility index (Phi) is 15.7. The molecule has 310 valence electrons. The standard InChI is InChI=1S/C43H60N6O8/c1-28(2)22-33-27-57-35-17-13-31(14-18-35)23-36(46-38(50)19-21-48-20-7-5-6-8-40(48)52)42(54)47-37(24-30-11-15-34(56-4)16-12-30)41(53)44-29(3)43(55)49(25-32-9-10-32)26-39(51)45-33/h11-18,28-29,32-33,36-37H,5-10,19-27H2,1-4H3,(H,44,53)(H,45,51)(H,46,50)(H,47,54)/t29-,33+,36+,37+/m1/s1. The third-order valence-corrected chi connectivity index (χ3v) is 10.6. The number of fused-ring (bicyclic) bond motifs is 17. The molecule has 0 aromatic heterocycles. The van der Waals surface area contributed by atoms with Crippen molar-refractivity contribution in [3.8, 4) is 11.5 Å². The van der Waals surface area contributed by atoms with Gasteiger partial charge in [-0.2, -0.15) is 0 Å².